The summed E-state index contributed by atoms with van der Waals surface area (Å²) >= 11 is 11.7. The van der Waals surface area contributed by atoms with E-state index >= 15 is 0 Å². The first-order chi connectivity index (χ1) is 8.60. The van der Waals surface area contributed by atoms with Crippen molar-refractivity contribution in [3.8, 4) is 17.5 Å². The SMILES string of the molecule is CC(C#N)Cc1nc(-c2ccc(Cl)c(Cl)c2)no1. The molecule has 0 amide bonds. The molecule has 18 heavy (non-hydrogen) atoms. The second kappa shape index (κ2) is 5.38. The number of halogens is 2. The van der Waals surface area contributed by atoms with Gasteiger partial charge in [-0.15, -0.1) is 0 Å². The second-order valence-corrected chi connectivity index (χ2v) is 4.69. The van der Waals surface area contributed by atoms with Crippen LogP contribution in [0.15, 0.2) is 22.7 Å². The fourth-order valence-corrected chi connectivity index (χ4v) is 1.70. The van der Waals surface area contributed by atoms with Gasteiger partial charge in [0.1, 0.15) is 0 Å². The minimum Gasteiger partial charge on any atom is -0.339 e. The molecule has 0 saturated carbocycles. The third-order valence-electron chi connectivity index (χ3n) is 2.35. The van der Waals surface area contributed by atoms with Crippen LogP contribution in [0.3, 0.4) is 0 Å². The Bertz CT molecular complexity index is 604. The van der Waals surface area contributed by atoms with E-state index < -0.39 is 0 Å². The van der Waals surface area contributed by atoms with Gasteiger partial charge in [-0.05, 0) is 25.1 Å². The van der Waals surface area contributed by atoms with E-state index in [1.165, 1.54) is 0 Å². The van der Waals surface area contributed by atoms with E-state index in [1.54, 1.807) is 25.1 Å². The van der Waals surface area contributed by atoms with Gasteiger partial charge in [0.25, 0.3) is 0 Å². The Morgan fingerprint density at radius 2 is 2.17 bits per heavy atom. The van der Waals surface area contributed by atoms with Crippen molar-refractivity contribution >= 4 is 23.2 Å². The number of hydrogen-bond donors (Lipinski definition) is 0. The zero-order valence-electron chi connectivity index (χ0n) is 9.52. The molecule has 0 aliphatic carbocycles. The molecule has 0 N–H and O–H groups in total. The molecule has 1 aromatic carbocycles. The standard InChI is InChI=1S/C12H9Cl2N3O/c1-7(6-15)4-11-16-12(17-18-11)8-2-3-9(13)10(14)5-8/h2-3,5,7H,4H2,1H3. The first kappa shape index (κ1) is 12.9. The summed E-state index contributed by atoms with van der Waals surface area (Å²) in [5.41, 5.74) is 0.726. The highest BCUT2D eigenvalue weighted by atomic mass is 35.5. The molecule has 0 fully saturated rings. The second-order valence-electron chi connectivity index (χ2n) is 3.87. The van der Waals surface area contributed by atoms with Crippen LogP contribution in [0.25, 0.3) is 11.4 Å². The van der Waals surface area contributed by atoms with Gasteiger partial charge in [0.05, 0.1) is 22.0 Å². The van der Waals surface area contributed by atoms with Crippen LogP contribution in [-0.4, -0.2) is 10.1 Å². The van der Waals surface area contributed by atoms with Gasteiger partial charge in [-0.2, -0.15) is 10.2 Å². The van der Waals surface area contributed by atoms with Gasteiger partial charge in [0.2, 0.25) is 11.7 Å². The first-order valence-electron chi connectivity index (χ1n) is 5.27. The molecule has 0 bridgehead atoms. The van der Waals surface area contributed by atoms with Crippen molar-refractivity contribution in [2.24, 2.45) is 5.92 Å². The number of nitrogens with zero attached hydrogens (tertiary/aromatic N) is 3. The van der Waals surface area contributed by atoms with E-state index in [0.29, 0.717) is 28.2 Å². The molecule has 0 saturated heterocycles. The van der Waals surface area contributed by atoms with E-state index in [2.05, 4.69) is 16.2 Å². The zero-order chi connectivity index (χ0) is 13.1. The summed E-state index contributed by atoms with van der Waals surface area (Å²) in [6.45, 7) is 1.79. The number of rotatable bonds is 3. The molecule has 2 aromatic rings. The van der Waals surface area contributed by atoms with Crippen LogP contribution >= 0.6 is 23.2 Å². The molecule has 4 nitrogen and oxygen atoms in total. The van der Waals surface area contributed by atoms with Crippen LogP contribution in [-0.2, 0) is 6.42 Å². The topological polar surface area (TPSA) is 62.7 Å². The summed E-state index contributed by atoms with van der Waals surface area (Å²) in [5.74, 6) is 0.714. The Labute approximate surface area is 114 Å². The van der Waals surface area contributed by atoms with E-state index in [9.17, 15) is 0 Å². The Morgan fingerprint density at radius 1 is 1.39 bits per heavy atom. The molecule has 1 atom stereocenters. The molecular formula is C12H9Cl2N3O. The third-order valence-corrected chi connectivity index (χ3v) is 3.09. The minimum absolute atomic E-state index is 0.160. The van der Waals surface area contributed by atoms with Crippen LogP contribution in [0.5, 0.6) is 0 Å². The zero-order valence-corrected chi connectivity index (χ0v) is 11.0. The monoisotopic (exact) mass is 281 g/mol. The van der Waals surface area contributed by atoms with Crippen molar-refractivity contribution in [1.29, 1.82) is 5.26 Å². The summed E-state index contributed by atoms with van der Waals surface area (Å²) < 4.78 is 5.07. The quantitative estimate of drug-likeness (QED) is 0.860. The predicted molar refractivity (Wildman–Crippen MR) is 68.2 cm³/mol. The average molecular weight is 282 g/mol. The molecule has 0 aliphatic heterocycles. The smallest absolute Gasteiger partial charge is 0.228 e. The molecule has 1 unspecified atom stereocenters. The lowest BCUT2D eigenvalue weighted by Crippen LogP contribution is -1.96. The van der Waals surface area contributed by atoms with Gasteiger partial charge in [-0.25, -0.2) is 0 Å². The molecular weight excluding hydrogens is 273 g/mol. The normalized spacial score (nSPS) is 12.1. The van der Waals surface area contributed by atoms with Crippen molar-refractivity contribution < 1.29 is 4.52 Å². The molecule has 0 aliphatic rings. The Morgan fingerprint density at radius 3 is 2.83 bits per heavy atom. The van der Waals surface area contributed by atoms with Crippen molar-refractivity contribution in [2.45, 2.75) is 13.3 Å². The lowest BCUT2D eigenvalue weighted by atomic mass is 10.1. The summed E-state index contributed by atoms with van der Waals surface area (Å²) in [6, 6.07) is 7.22. The van der Waals surface area contributed by atoms with Crippen LogP contribution < -0.4 is 0 Å². The lowest BCUT2D eigenvalue weighted by Gasteiger charge is -1.97. The van der Waals surface area contributed by atoms with Gasteiger partial charge in [0.15, 0.2) is 0 Å². The number of nitriles is 1. The summed E-state index contributed by atoms with van der Waals surface area (Å²) in [7, 11) is 0. The molecule has 1 heterocycles. The van der Waals surface area contributed by atoms with Crippen LogP contribution in [0.2, 0.25) is 10.0 Å². The fourth-order valence-electron chi connectivity index (χ4n) is 1.40. The maximum absolute atomic E-state index is 8.71. The highest BCUT2D eigenvalue weighted by Gasteiger charge is 2.12. The minimum atomic E-state index is -0.160. The summed E-state index contributed by atoms with van der Waals surface area (Å²) in [6.07, 6.45) is 0.435. The molecule has 0 spiro atoms. The maximum Gasteiger partial charge on any atom is 0.228 e. The fraction of sp³-hybridized carbons (Fsp3) is 0.250. The third kappa shape index (κ3) is 2.81. The highest BCUT2D eigenvalue weighted by Crippen LogP contribution is 2.27. The number of aromatic nitrogens is 2. The molecule has 2 rings (SSSR count). The largest absolute Gasteiger partial charge is 0.339 e. The van der Waals surface area contributed by atoms with Crippen molar-refractivity contribution in [3.05, 3.63) is 34.1 Å². The predicted octanol–water partition coefficient (Wildman–Crippen LogP) is 3.75. The number of benzene rings is 1. The van der Waals surface area contributed by atoms with Crippen LogP contribution in [0, 0.1) is 17.2 Å². The van der Waals surface area contributed by atoms with Crippen molar-refractivity contribution in [2.75, 3.05) is 0 Å². The Balaban J connectivity index is 2.24. The van der Waals surface area contributed by atoms with Gasteiger partial charge < -0.3 is 4.52 Å². The van der Waals surface area contributed by atoms with E-state index in [1.807, 2.05) is 0 Å². The molecule has 1 aromatic heterocycles. The van der Waals surface area contributed by atoms with E-state index in [-0.39, 0.29) is 5.92 Å². The van der Waals surface area contributed by atoms with Crippen molar-refractivity contribution in [3.63, 3.8) is 0 Å². The summed E-state index contributed by atoms with van der Waals surface area (Å²) in [5, 5.41) is 13.5. The molecule has 92 valence electrons. The van der Waals surface area contributed by atoms with Crippen LogP contribution in [0.4, 0.5) is 0 Å². The Hall–Kier alpha value is -1.57. The first-order valence-corrected chi connectivity index (χ1v) is 6.03. The van der Waals surface area contributed by atoms with Gasteiger partial charge in [-0.3, -0.25) is 0 Å². The van der Waals surface area contributed by atoms with Crippen molar-refractivity contribution in [1.82, 2.24) is 10.1 Å². The molecule has 6 heteroatoms. The van der Waals surface area contributed by atoms with E-state index in [4.69, 9.17) is 33.0 Å². The summed E-state index contributed by atoms with van der Waals surface area (Å²) in [4.78, 5) is 4.21. The average Bonchev–Trinajstić information content (AvgIpc) is 2.81. The highest BCUT2D eigenvalue weighted by molar-refractivity contribution is 6.42. The molecule has 0 radical (unpaired) electrons. The van der Waals surface area contributed by atoms with Crippen LogP contribution in [0.1, 0.15) is 12.8 Å². The lowest BCUT2D eigenvalue weighted by molar-refractivity contribution is 0.369. The van der Waals surface area contributed by atoms with Gasteiger partial charge in [0, 0.05) is 12.0 Å². The van der Waals surface area contributed by atoms with Gasteiger partial charge >= 0.3 is 0 Å². The maximum atomic E-state index is 8.71. The Kier molecular flexibility index (Phi) is 3.85. The van der Waals surface area contributed by atoms with E-state index in [0.717, 1.165) is 5.56 Å². The van der Waals surface area contributed by atoms with Gasteiger partial charge in [-0.1, -0.05) is 28.4 Å². The number of hydrogen-bond acceptors (Lipinski definition) is 4.